The quantitative estimate of drug-likeness (QED) is 0.217. The third-order valence-electron chi connectivity index (χ3n) is 4.72. The number of amides is 3. The maximum Gasteiger partial charge on any atom is 0.257 e. The molecule has 5 N–H and O–H groups in total. The summed E-state index contributed by atoms with van der Waals surface area (Å²) in [5.41, 5.74) is 10.8. The van der Waals surface area contributed by atoms with E-state index in [0.717, 1.165) is 10.6 Å². The van der Waals surface area contributed by atoms with Gasteiger partial charge in [0.2, 0.25) is 11.8 Å². The summed E-state index contributed by atoms with van der Waals surface area (Å²) in [4.78, 5) is 37.1. The molecule has 3 amide bonds. The molecular formula is C22H32Cl2N4O4. The Labute approximate surface area is 199 Å². The summed E-state index contributed by atoms with van der Waals surface area (Å²) < 4.78 is 0. The van der Waals surface area contributed by atoms with Gasteiger partial charge in [-0.3, -0.25) is 30.0 Å². The van der Waals surface area contributed by atoms with E-state index in [2.05, 4.69) is 5.43 Å². The maximum absolute atomic E-state index is 13.2. The number of benzene rings is 1. The molecule has 0 aromatic heterocycles. The van der Waals surface area contributed by atoms with Gasteiger partial charge in [0.1, 0.15) is 4.84 Å². The summed E-state index contributed by atoms with van der Waals surface area (Å²) in [6.45, 7) is 5.12. The van der Waals surface area contributed by atoms with Gasteiger partial charge < -0.3 is 5.73 Å². The van der Waals surface area contributed by atoms with Crippen molar-refractivity contribution in [3.63, 3.8) is 0 Å². The van der Waals surface area contributed by atoms with Crippen molar-refractivity contribution in [1.82, 2.24) is 15.9 Å². The number of allylic oxidation sites excluding steroid dienone is 1. The van der Waals surface area contributed by atoms with Crippen molar-refractivity contribution in [3.05, 3.63) is 42.0 Å². The predicted octanol–water partition coefficient (Wildman–Crippen LogP) is 2.88. The molecular weight excluding hydrogens is 455 g/mol. The zero-order valence-electron chi connectivity index (χ0n) is 18.5. The second kappa shape index (κ2) is 14.1. The molecule has 1 aromatic rings. The first kappa shape index (κ1) is 27.9. The van der Waals surface area contributed by atoms with Gasteiger partial charge in [-0.15, -0.1) is 23.2 Å². The Balaban J connectivity index is 3.13. The molecule has 1 aromatic carbocycles. The van der Waals surface area contributed by atoms with Crippen molar-refractivity contribution in [2.75, 3.05) is 6.54 Å². The maximum atomic E-state index is 13.2. The first-order chi connectivity index (χ1) is 15.1. The SMILES string of the molecule is CC(C)C[C@@H](C(=O)NN(CC(Cl)Cl)C(=O)[C@@H](C)N)[C@H](CC=Cc1ccccc1)C(=O)NO. The number of hydroxylamine groups is 1. The molecule has 0 aliphatic heterocycles. The van der Waals surface area contributed by atoms with Crippen molar-refractivity contribution in [2.24, 2.45) is 23.5 Å². The standard InChI is InChI=1S/C22H32Cl2N4O4/c1-14(2)12-18(20(29)26-28(13-19(23)24)22(31)15(3)25)17(21(30)27-32)11-7-10-16-8-5-4-6-9-16/h4-10,14-15,17-19,32H,11-13,25H2,1-3H3,(H,26,29)(H,27,30)/t15-,17+,18-/m1/s1. The van der Waals surface area contributed by atoms with Crippen molar-refractivity contribution < 1.29 is 19.6 Å². The Hall–Kier alpha value is -2.13. The van der Waals surface area contributed by atoms with Crippen LogP contribution in [0.5, 0.6) is 0 Å². The molecule has 10 heteroatoms. The fourth-order valence-electron chi connectivity index (χ4n) is 3.20. The summed E-state index contributed by atoms with van der Waals surface area (Å²) in [5, 5.41) is 10.2. The third kappa shape index (κ3) is 9.56. The van der Waals surface area contributed by atoms with E-state index in [9.17, 15) is 19.6 Å². The molecule has 32 heavy (non-hydrogen) atoms. The van der Waals surface area contributed by atoms with E-state index >= 15 is 0 Å². The van der Waals surface area contributed by atoms with Gasteiger partial charge >= 0.3 is 0 Å². The average molecular weight is 487 g/mol. The fourth-order valence-corrected chi connectivity index (χ4v) is 3.48. The van der Waals surface area contributed by atoms with Gasteiger partial charge in [-0.1, -0.05) is 56.3 Å². The minimum Gasteiger partial charge on any atom is -0.320 e. The molecule has 178 valence electrons. The highest BCUT2D eigenvalue weighted by Crippen LogP contribution is 2.25. The largest absolute Gasteiger partial charge is 0.320 e. The number of alkyl halides is 2. The van der Waals surface area contributed by atoms with Gasteiger partial charge in [0, 0.05) is 0 Å². The van der Waals surface area contributed by atoms with Crippen LogP contribution in [-0.4, -0.2) is 45.4 Å². The number of rotatable bonds is 11. The molecule has 1 rings (SSSR count). The van der Waals surface area contributed by atoms with E-state index in [4.69, 9.17) is 28.9 Å². The van der Waals surface area contributed by atoms with Crippen LogP contribution in [0.4, 0.5) is 0 Å². The Kier molecular flexibility index (Phi) is 12.3. The number of carbonyl (C=O) groups excluding carboxylic acids is 3. The molecule has 0 unspecified atom stereocenters. The second-order valence-corrected chi connectivity index (χ2v) is 9.25. The summed E-state index contributed by atoms with van der Waals surface area (Å²) in [6.07, 6.45) is 4.14. The molecule has 0 bridgehead atoms. The molecule has 0 saturated heterocycles. The second-order valence-electron chi connectivity index (χ2n) is 7.97. The molecule has 0 heterocycles. The van der Waals surface area contributed by atoms with E-state index in [0.29, 0.717) is 6.42 Å². The lowest BCUT2D eigenvalue weighted by Crippen LogP contribution is -2.55. The lowest BCUT2D eigenvalue weighted by molar-refractivity contribution is -0.147. The minimum absolute atomic E-state index is 0.0595. The van der Waals surface area contributed by atoms with Crippen LogP contribution in [0.3, 0.4) is 0 Å². The molecule has 0 aliphatic rings. The number of nitrogens with one attached hydrogen (secondary N) is 2. The highest BCUT2D eigenvalue weighted by Gasteiger charge is 2.35. The van der Waals surface area contributed by atoms with Crippen LogP contribution in [0.15, 0.2) is 36.4 Å². The minimum atomic E-state index is -0.952. The molecule has 0 radical (unpaired) electrons. The van der Waals surface area contributed by atoms with Crippen LogP contribution in [0.1, 0.15) is 39.2 Å². The van der Waals surface area contributed by atoms with Crippen molar-refractivity contribution in [2.45, 2.75) is 44.5 Å². The zero-order chi connectivity index (χ0) is 24.3. The van der Waals surface area contributed by atoms with Gasteiger partial charge in [0.05, 0.1) is 24.4 Å². The summed E-state index contributed by atoms with van der Waals surface area (Å²) in [7, 11) is 0. The van der Waals surface area contributed by atoms with Crippen molar-refractivity contribution in [3.8, 4) is 0 Å². The van der Waals surface area contributed by atoms with E-state index in [1.807, 2.05) is 50.3 Å². The Morgan fingerprint density at radius 3 is 2.22 bits per heavy atom. The molecule has 0 fully saturated rings. The molecule has 3 atom stereocenters. The summed E-state index contributed by atoms with van der Waals surface area (Å²) in [6, 6.07) is 8.58. The number of nitrogens with two attached hydrogens (primary N) is 1. The monoisotopic (exact) mass is 486 g/mol. The van der Waals surface area contributed by atoms with E-state index in [-0.39, 0.29) is 18.9 Å². The number of hydrogen-bond donors (Lipinski definition) is 4. The van der Waals surface area contributed by atoms with E-state index in [1.54, 1.807) is 11.6 Å². The van der Waals surface area contributed by atoms with Gasteiger partial charge in [-0.05, 0) is 31.2 Å². The lowest BCUT2D eigenvalue weighted by Gasteiger charge is -2.30. The molecule has 8 nitrogen and oxygen atoms in total. The van der Waals surface area contributed by atoms with Crippen LogP contribution in [0, 0.1) is 17.8 Å². The smallest absolute Gasteiger partial charge is 0.257 e. The number of halogens is 2. The van der Waals surface area contributed by atoms with E-state index in [1.165, 1.54) is 6.92 Å². The van der Waals surface area contributed by atoms with Crippen LogP contribution in [-0.2, 0) is 14.4 Å². The first-order valence-corrected chi connectivity index (χ1v) is 11.2. The van der Waals surface area contributed by atoms with Gasteiger partial charge in [0.25, 0.3) is 5.91 Å². The summed E-state index contributed by atoms with van der Waals surface area (Å²) in [5.74, 6) is -3.48. The van der Waals surface area contributed by atoms with Gasteiger partial charge in [-0.2, -0.15) is 0 Å². The number of carbonyl (C=O) groups is 3. The average Bonchev–Trinajstić information content (AvgIpc) is 2.74. The fraction of sp³-hybridized carbons (Fsp3) is 0.500. The van der Waals surface area contributed by atoms with Crippen LogP contribution >= 0.6 is 23.2 Å². The Bertz CT molecular complexity index is 772. The topological polar surface area (TPSA) is 125 Å². The van der Waals surface area contributed by atoms with Crippen molar-refractivity contribution >= 4 is 47.0 Å². The third-order valence-corrected chi connectivity index (χ3v) is 4.99. The van der Waals surface area contributed by atoms with E-state index < -0.39 is 40.4 Å². The number of hydrogen-bond acceptors (Lipinski definition) is 5. The van der Waals surface area contributed by atoms with Gasteiger partial charge in [0.15, 0.2) is 0 Å². The summed E-state index contributed by atoms with van der Waals surface area (Å²) >= 11 is 11.6. The highest BCUT2D eigenvalue weighted by molar-refractivity contribution is 6.44. The Morgan fingerprint density at radius 1 is 1.09 bits per heavy atom. The van der Waals surface area contributed by atoms with Crippen LogP contribution < -0.4 is 16.6 Å². The number of nitrogens with zero attached hydrogens (tertiary/aromatic N) is 1. The zero-order valence-corrected chi connectivity index (χ0v) is 20.0. The predicted molar refractivity (Wildman–Crippen MR) is 125 cm³/mol. The van der Waals surface area contributed by atoms with Crippen LogP contribution in [0.2, 0.25) is 0 Å². The van der Waals surface area contributed by atoms with Crippen LogP contribution in [0.25, 0.3) is 6.08 Å². The number of hydrazine groups is 1. The first-order valence-electron chi connectivity index (χ1n) is 10.4. The molecule has 0 spiro atoms. The van der Waals surface area contributed by atoms with Gasteiger partial charge in [-0.25, -0.2) is 5.48 Å². The lowest BCUT2D eigenvalue weighted by atomic mass is 9.82. The highest BCUT2D eigenvalue weighted by atomic mass is 35.5. The molecule has 0 saturated carbocycles. The normalized spacial score (nSPS) is 14.3. The Morgan fingerprint density at radius 2 is 1.72 bits per heavy atom. The van der Waals surface area contributed by atoms with Crippen molar-refractivity contribution in [1.29, 1.82) is 0 Å². The molecule has 0 aliphatic carbocycles.